The van der Waals surface area contributed by atoms with Crippen LogP contribution in [0.4, 0.5) is 0 Å². The van der Waals surface area contributed by atoms with Gasteiger partial charge in [0.25, 0.3) is 0 Å². The highest BCUT2D eigenvalue weighted by molar-refractivity contribution is 7.92. The van der Waals surface area contributed by atoms with Crippen LogP contribution in [0.25, 0.3) is 0 Å². The minimum atomic E-state index is -2.75. The zero-order valence-electron chi connectivity index (χ0n) is 7.12. The van der Waals surface area contributed by atoms with Gasteiger partial charge in [0.2, 0.25) is 0 Å². The number of nitrogens with one attached hydrogen (secondary N) is 1. The average Bonchev–Trinajstić information content (AvgIpc) is 2.04. The highest BCUT2D eigenvalue weighted by atomic mass is 32.2. The third-order valence-electron chi connectivity index (χ3n) is 2.93. The Bertz CT molecular complexity index is 258. The third-order valence-corrected chi connectivity index (χ3v) is 5.27. The zero-order chi connectivity index (χ0) is 8.60. The van der Waals surface area contributed by atoms with Gasteiger partial charge in [0, 0.05) is 6.04 Å². The van der Waals surface area contributed by atoms with Crippen molar-refractivity contribution in [2.45, 2.75) is 37.0 Å². The summed E-state index contributed by atoms with van der Waals surface area (Å²) < 4.78 is 23.2. The summed E-state index contributed by atoms with van der Waals surface area (Å²) >= 11 is 0. The number of rotatable bonds is 0. The molecule has 0 amide bonds. The lowest BCUT2D eigenvalue weighted by Gasteiger charge is -2.35. The highest BCUT2D eigenvalue weighted by Crippen LogP contribution is 2.26. The zero-order valence-corrected chi connectivity index (χ0v) is 7.94. The van der Waals surface area contributed by atoms with Crippen molar-refractivity contribution < 1.29 is 8.42 Å². The van der Waals surface area contributed by atoms with Gasteiger partial charge in [-0.2, -0.15) is 0 Å². The van der Waals surface area contributed by atoms with E-state index in [4.69, 9.17) is 0 Å². The molecule has 1 N–H and O–H groups in total. The molecule has 12 heavy (non-hydrogen) atoms. The van der Waals surface area contributed by atoms with E-state index < -0.39 is 9.84 Å². The lowest BCUT2D eigenvalue weighted by Crippen LogP contribution is -2.51. The predicted molar refractivity (Wildman–Crippen MR) is 47.8 cm³/mol. The van der Waals surface area contributed by atoms with E-state index in [0.717, 1.165) is 32.2 Å². The molecular formula is C8H15NO2S. The summed E-state index contributed by atoms with van der Waals surface area (Å²) in [4.78, 5) is 0. The minimum Gasteiger partial charge on any atom is -0.313 e. The van der Waals surface area contributed by atoms with Gasteiger partial charge >= 0.3 is 0 Å². The second kappa shape index (κ2) is 3.00. The van der Waals surface area contributed by atoms with Crippen LogP contribution in [0.15, 0.2) is 0 Å². The van der Waals surface area contributed by atoms with Crippen LogP contribution in [0.2, 0.25) is 0 Å². The molecular weight excluding hydrogens is 174 g/mol. The van der Waals surface area contributed by atoms with Gasteiger partial charge < -0.3 is 5.32 Å². The SMILES string of the molecule is O=S1(=O)CCCC2NCCCC21. The fourth-order valence-electron chi connectivity index (χ4n) is 2.30. The van der Waals surface area contributed by atoms with Crippen molar-refractivity contribution in [2.75, 3.05) is 12.3 Å². The van der Waals surface area contributed by atoms with E-state index in [-0.39, 0.29) is 11.3 Å². The first kappa shape index (κ1) is 8.51. The Morgan fingerprint density at radius 3 is 2.75 bits per heavy atom. The Hall–Kier alpha value is -0.0900. The summed E-state index contributed by atoms with van der Waals surface area (Å²) in [6.45, 7) is 0.997. The number of hydrogen-bond acceptors (Lipinski definition) is 3. The van der Waals surface area contributed by atoms with Crippen LogP contribution in [0, 0.1) is 0 Å². The lowest BCUT2D eigenvalue weighted by molar-refractivity contribution is 0.363. The Morgan fingerprint density at radius 2 is 2.00 bits per heavy atom. The van der Waals surface area contributed by atoms with Gasteiger partial charge in [-0.15, -0.1) is 0 Å². The molecule has 2 aliphatic rings. The van der Waals surface area contributed by atoms with Crippen LogP contribution < -0.4 is 5.32 Å². The molecule has 0 aliphatic carbocycles. The number of hydrogen-bond donors (Lipinski definition) is 1. The molecule has 2 rings (SSSR count). The normalized spacial score (nSPS) is 40.3. The van der Waals surface area contributed by atoms with Gasteiger partial charge in [0.15, 0.2) is 9.84 Å². The second-order valence-corrected chi connectivity index (χ2v) is 6.09. The van der Waals surface area contributed by atoms with Crippen molar-refractivity contribution in [1.29, 1.82) is 0 Å². The molecule has 0 aromatic carbocycles. The van der Waals surface area contributed by atoms with Gasteiger partial charge in [-0.3, -0.25) is 0 Å². The molecule has 2 fully saturated rings. The number of fused-ring (bicyclic) bond motifs is 1. The molecule has 0 spiro atoms. The molecule has 3 nitrogen and oxygen atoms in total. The van der Waals surface area contributed by atoms with E-state index in [1.807, 2.05) is 0 Å². The van der Waals surface area contributed by atoms with E-state index in [1.165, 1.54) is 0 Å². The average molecular weight is 189 g/mol. The fraction of sp³-hybridized carbons (Fsp3) is 1.00. The van der Waals surface area contributed by atoms with Crippen LogP contribution in [0.5, 0.6) is 0 Å². The standard InChI is InChI=1S/C8H15NO2S/c10-12(11)6-2-3-7-8(12)4-1-5-9-7/h7-9H,1-6H2. The lowest BCUT2D eigenvalue weighted by atomic mass is 10.00. The molecule has 2 aliphatic heterocycles. The number of sulfone groups is 1. The molecule has 2 unspecified atom stereocenters. The Morgan fingerprint density at radius 1 is 1.17 bits per heavy atom. The number of piperidine rings is 1. The smallest absolute Gasteiger partial charge is 0.154 e. The molecule has 2 heterocycles. The Kier molecular flexibility index (Phi) is 2.12. The summed E-state index contributed by atoms with van der Waals surface area (Å²) in [6, 6.07) is 0.262. The summed E-state index contributed by atoms with van der Waals surface area (Å²) in [5.41, 5.74) is 0. The van der Waals surface area contributed by atoms with Crippen molar-refractivity contribution in [1.82, 2.24) is 5.32 Å². The maximum atomic E-state index is 11.6. The topological polar surface area (TPSA) is 46.2 Å². The van der Waals surface area contributed by atoms with Gasteiger partial charge in [0.1, 0.15) is 0 Å². The van der Waals surface area contributed by atoms with Crippen LogP contribution >= 0.6 is 0 Å². The van der Waals surface area contributed by atoms with E-state index in [9.17, 15) is 8.42 Å². The Labute approximate surface area is 73.5 Å². The first-order valence-electron chi connectivity index (χ1n) is 4.65. The van der Waals surface area contributed by atoms with Gasteiger partial charge in [-0.25, -0.2) is 8.42 Å². The monoisotopic (exact) mass is 189 g/mol. The first-order valence-corrected chi connectivity index (χ1v) is 6.37. The largest absolute Gasteiger partial charge is 0.313 e. The molecule has 2 saturated heterocycles. The predicted octanol–water partition coefficient (Wildman–Crippen LogP) is 0.316. The molecule has 2 atom stereocenters. The van der Waals surface area contributed by atoms with Crippen LogP contribution in [0.3, 0.4) is 0 Å². The van der Waals surface area contributed by atoms with Crippen LogP contribution in [-0.2, 0) is 9.84 Å². The molecule has 70 valence electrons. The molecule has 0 aromatic rings. The van der Waals surface area contributed by atoms with Crippen molar-refractivity contribution >= 4 is 9.84 Å². The van der Waals surface area contributed by atoms with Crippen molar-refractivity contribution in [3.63, 3.8) is 0 Å². The second-order valence-electron chi connectivity index (χ2n) is 3.75. The van der Waals surface area contributed by atoms with Gasteiger partial charge in [-0.1, -0.05) is 0 Å². The van der Waals surface area contributed by atoms with Crippen molar-refractivity contribution in [3.05, 3.63) is 0 Å². The third kappa shape index (κ3) is 1.38. The summed E-state index contributed by atoms with van der Waals surface area (Å²) in [5.74, 6) is 0.413. The van der Waals surface area contributed by atoms with Gasteiger partial charge in [-0.05, 0) is 32.2 Å². The maximum absolute atomic E-state index is 11.6. The maximum Gasteiger partial charge on any atom is 0.154 e. The van der Waals surface area contributed by atoms with E-state index in [1.54, 1.807) is 0 Å². The fourth-order valence-corrected chi connectivity index (χ4v) is 4.43. The quantitative estimate of drug-likeness (QED) is 0.597. The van der Waals surface area contributed by atoms with E-state index in [0.29, 0.717) is 5.75 Å². The summed E-state index contributed by atoms with van der Waals surface area (Å²) in [5, 5.41) is 3.23. The molecule has 0 bridgehead atoms. The van der Waals surface area contributed by atoms with Crippen molar-refractivity contribution in [2.24, 2.45) is 0 Å². The van der Waals surface area contributed by atoms with Crippen molar-refractivity contribution in [3.8, 4) is 0 Å². The molecule has 0 aromatic heterocycles. The van der Waals surface area contributed by atoms with Crippen LogP contribution in [0.1, 0.15) is 25.7 Å². The molecule has 0 radical (unpaired) electrons. The summed E-state index contributed by atoms with van der Waals surface area (Å²) in [7, 11) is -2.75. The first-order chi connectivity index (χ1) is 5.70. The van der Waals surface area contributed by atoms with Crippen LogP contribution in [-0.4, -0.2) is 32.0 Å². The Balaban J connectivity index is 2.20. The minimum absolute atomic E-state index is 0.0694. The highest BCUT2D eigenvalue weighted by Gasteiger charge is 2.37. The van der Waals surface area contributed by atoms with E-state index >= 15 is 0 Å². The van der Waals surface area contributed by atoms with E-state index in [2.05, 4.69) is 5.32 Å². The molecule has 0 saturated carbocycles. The summed E-state index contributed by atoms with van der Waals surface area (Å²) in [6.07, 6.45) is 3.78. The van der Waals surface area contributed by atoms with Gasteiger partial charge in [0.05, 0.1) is 11.0 Å². The molecule has 4 heteroatoms.